The lowest BCUT2D eigenvalue weighted by molar-refractivity contribution is -0.137. The van der Waals surface area contributed by atoms with E-state index < -0.39 is 20.9 Å². The maximum absolute atomic E-state index is 11.4. The summed E-state index contributed by atoms with van der Waals surface area (Å²) in [6, 6.07) is 8.53. The predicted octanol–water partition coefficient (Wildman–Crippen LogP) is 0.879. The molecule has 0 heterocycles. The largest absolute Gasteiger partial charge is 0.462 e. The summed E-state index contributed by atoms with van der Waals surface area (Å²) >= 11 is 0. The summed E-state index contributed by atoms with van der Waals surface area (Å²) < 4.78 is 27.2. The van der Waals surface area contributed by atoms with Crippen LogP contribution in [0.4, 0.5) is 0 Å². The topological polar surface area (TPSA) is 86.5 Å². The lowest BCUT2D eigenvalue weighted by atomic mass is 10.2. The van der Waals surface area contributed by atoms with E-state index in [1.807, 2.05) is 0 Å². The third kappa shape index (κ3) is 4.01. The van der Waals surface area contributed by atoms with Crippen molar-refractivity contribution < 1.29 is 17.9 Å². The lowest BCUT2D eigenvalue weighted by Crippen LogP contribution is -2.22. The minimum Gasteiger partial charge on any atom is -0.462 e. The Kier molecular flexibility index (Phi) is 4.42. The molecule has 6 heteroatoms. The molecule has 0 aliphatic heterocycles. The molecule has 0 radical (unpaired) electrons. The minimum absolute atomic E-state index is 0.0838. The van der Waals surface area contributed by atoms with Crippen LogP contribution < -0.4 is 5.14 Å². The Hall–Kier alpha value is -1.66. The Bertz CT molecular complexity index is 520. The van der Waals surface area contributed by atoms with Gasteiger partial charge in [0.25, 0.3) is 0 Å². The van der Waals surface area contributed by atoms with Gasteiger partial charge in [0, 0.05) is 0 Å². The second-order valence-electron chi connectivity index (χ2n) is 3.18. The van der Waals surface area contributed by atoms with Gasteiger partial charge >= 0.3 is 5.97 Å². The number of carbonyl (C=O) groups is 1. The van der Waals surface area contributed by atoms with E-state index in [0.717, 1.165) is 0 Å². The molecular formula is C11H13NO4S. The van der Waals surface area contributed by atoms with Gasteiger partial charge in [-0.3, -0.25) is 0 Å². The fourth-order valence-corrected chi connectivity index (χ4v) is 1.75. The molecule has 0 atom stereocenters. The number of benzene rings is 1. The predicted molar refractivity (Wildman–Crippen MR) is 64.2 cm³/mol. The van der Waals surface area contributed by atoms with Gasteiger partial charge in [-0.2, -0.15) is 0 Å². The van der Waals surface area contributed by atoms with Crippen molar-refractivity contribution in [3.05, 3.63) is 40.8 Å². The summed E-state index contributed by atoms with van der Waals surface area (Å²) in [5.74, 6) is -0.946. The molecule has 2 N–H and O–H groups in total. The van der Waals surface area contributed by atoms with Gasteiger partial charge in [-0.1, -0.05) is 30.3 Å². The average molecular weight is 255 g/mol. The van der Waals surface area contributed by atoms with Crippen LogP contribution in [-0.4, -0.2) is 21.0 Å². The van der Waals surface area contributed by atoms with Gasteiger partial charge < -0.3 is 4.74 Å². The van der Waals surface area contributed by atoms with Crippen LogP contribution in [0.2, 0.25) is 0 Å². The normalized spacial score (nSPS) is 12.2. The molecule has 0 aliphatic carbocycles. The van der Waals surface area contributed by atoms with E-state index in [1.165, 1.54) is 6.08 Å². The zero-order valence-corrected chi connectivity index (χ0v) is 10.1. The highest BCUT2D eigenvalue weighted by Gasteiger charge is 2.22. The monoisotopic (exact) mass is 255 g/mol. The fraction of sp³-hybridized carbons (Fsp3) is 0.182. The number of ether oxygens (including phenoxy) is 1. The Balaban J connectivity index is 3.17. The summed E-state index contributed by atoms with van der Waals surface area (Å²) in [5.41, 5.74) is 0.560. The van der Waals surface area contributed by atoms with Crippen molar-refractivity contribution in [1.29, 1.82) is 0 Å². The van der Waals surface area contributed by atoms with Gasteiger partial charge in [0.2, 0.25) is 10.0 Å². The molecular weight excluding hydrogens is 242 g/mol. The van der Waals surface area contributed by atoms with Crippen LogP contribution in [0.25, 0.3) is 6.08 Å². The quantitative estimate of drug-likeness (QED) is 0.639. The molecule has 0 amide bonds. The summed E-state index contributed by atoms with van der Waals surface area (Å²) in [6.45, 7) is 1.67. The van der Waals surface area contributed by atoms with E-state index in [9.17, 15) is 13.2 Å². The van der Waals surface area contributed by atoms with E-state index in [2.05, 4.69) is 4.74 Å². The molecule has 0 saturated heterocycles. The summed E-state index contributed by atoms with van der Waals surface area (Å²) in [4.78, 5) is 10.9. The molecule has 5 nitrogen and oxygen atoms in total. The van der Waals surface area contributed by atoms with Gasteiger partial charge in [0.15, 0.2) is 4.91 Å². The van der Waals surface area contributed by atoms with E-state index in [0.29, 0.717) is 5.56 Å². The van der Waals surface area contributed by atoms with Crippen molar-refractivity contribution in [1.82, 2.24) is 0 Å². The van der Waals surface area contributed by atoms with E-state index >= 15 is 0 Å². The van der Waals surface area contributed by atoms with Crippen molar-refractivity contribution in [3.63, 3.8) is 0 Å². The molecule has 0 fully saturated rings. The number of esters is 1. The SMILES string of the molecule is CCOC(=O)C(=Cc1ccccc1)S(N)(=O)=O. The molecule has 0 spiro atoms. The molecule has 1 aromatic carbocycles. The first-order valence-electron chi connectivity index (χ1n) is 4.92. The van der Waals surface area contributed by atoms with E-state index in [1.54, 1.807) is 37.3 Å². The molecule has 0 unspecified atom stereocenters. The summed E-state index contributed by atoms with van der Waals surface area (Å²) in [5, 5.41) is 4.96. The van der Waals surface area contributed by atoms with Crippen LogP contribution in [0.3, 0.4) is 0 Å². The zero-order valence-electron chi connectivity index (χ0n) is 9.29. The molecule has 0 saturated carbocycles. The number of carbonyl (C=O) groups excluding carboxylic acids is 1. The Morgan fingerprint density at radius 2 is 1.94 bits per heavy atom. The van der Waals surface area contributed by atoms with Crippen LogP contribution in [0.15, 0.2) is 35.2 Å². The van der Waals surface area contributed by atoms with Crippen LogP contribution in [0.5, 0.6) is 0 Å². The van der Waals surface area contributed by atoms with E-state index in [4.69, 9.17) is 5.14 Å². The van der Waals surface area contributed by atoms with E-state index in [-0.39, 0.29) is 6.61 Å². The van der Waals surface area contributed by atoms with Gasteiger partial charge in [-0.15, -0.1) is 0 Å². The van der Waals surface area contributed by atoms with Crippen molar-refractivity contribution >= 4 is 22.1 Å². The van der Waals surface area contributed by atoms with Crippen LogP contribution in [0.1, 0.15) is 12.5 Å². The minimum atomic E-state index is -4.10. The van der Waals surface area contributed by atoms with Crippen LogP contribution in [-0.2, 0) is 19.6 Å². The molecule has 0 aromatic heterocycles. The third-order valence-corrected chi connectivity index (χ3v) is 2.78. The zero-order chi connectivity index (χ0) is 12.9. The standard InChI is InChI=1S/C11H13NO4S/c1-2-16-11(13)10(17(12,14)15)8-9-6-4-3-5-7-9/h3-8H,2H2,1H3,(H2,12,14,15). The smallest absolute Gasteiger partial charge is 0.351 e. The molecule has 17 heavy (non-hydrogen) atoms. The van der Waals surface area contributed by atoms with Gasteiger partial charge in [0.1, 0.15) is 0 Å². The number of rotatable bonds is 4. The van der Waals surface area contributed by atoms with Crippen LogP contribution >= 0.6 is 0 Å². The first-order chi connectivity index (χ1) is 7.95. The number of sulfonamides is 1. The second kappa shape index (κ2) is 5.60. The molecule has 92 valence electrons. The highest BCUT2D eigenvalue weighted by atomic mass is 32.2. The average Bonchev–Trinajstić information content (AvgIpc) is 2.26. The van der Waals surface area contributed by atoms with Gasteiger partial charge in [-0.05, 0) is 18.6 Å². The fourth-order valence-electron chi connectivity index (χ4n) is 1.16. The van der Waals surface area contributed by atoms with Crippen molar-refractivity contribution in [2.45, 2.75) is 6.92 Å². The first-order valence-corrected chi connectivity index (χ1v) is 6.46. The van der Waals surface area contributed by atoms with Crippen molar-refractivity contribution in [2.24, 2.45) is 5.14 Å². The van der Waals surface area contributed by atoms with Crippen molar-refractivity contribution in [2.75, 3.05) is 6.61 Å². The Morgan fingerprint density at radius 1 is 1.35 bits per heavy atom. The lowest BCUT2D eigenvalue weighted by Gasteiger charge is -2.04. The second-order valence-corrected chi connectivity index (χ2v) is 4.71. The Morgan fingerprint density at radius 3 is 2.41 bits per heavy atom. The van der Waals surface area contributed by atoms with Crippen LogP contribution in [0, 0.1) is 0 Å². The Labute approximate surface area is 99.9 Å². The molecule has 0 aliphatic rings. The highest BCUT2D eigenvalue weighted by molar-refractivity contribution is 7.94. The summed E-state index contributed by atoms with van der Waals surface area (Å²) in [7, 11) is -4.10. The number of hydrogen-bond donors (Lipinski definition) is 1. The van der Waals surface area contributed by atoms with Gasteiger partial charge in [0.05, 0.1) is 6.61 Å². The number of primary sulfonamides is 1. The summed E-state index contributed by atoms with van der Waals surface area (Å²) in [6.07, 6.45) is 1.19. The highest BCUT2D eigenvalue weighted by Crippen LogP contribution is 2.11. The maximum Gasteiger partial charge on any atom is 0.351 e. The van der Waals surface area contributed by atoms with Gasteiger partial charge in [-0.25, -0.2) is 18.4 Å². The molecule has 1 aromatic rings. The number of nitrogens with two attached hydrogens (primary N) is 1. The molecule has 0 bridgehead atoms. The van der Waals surface area contributed by atoms with Crippen molar-refractivity contribution in [3.8, 4) is 0 Å². The third-order valence-electron chi connectivity index (χ3n) is 1.88. The first kappa shape index (κ1) is 13.4. The number of hydrogen-bond acceptors (Lipinski definition) is 4. The molecule has 1 rings (SSSR count). The maximum atomic E-state index is 11.4.